The fraction of sp³-hybridized carbons (Fsp3) is 0.636. The van der Waals surface area contributed by atoms with Gasteiger partial charge in [0.25, 0.3) is 0 Å². The lowest BCUT2D eigenvalue weighted by molar-refractivity contribution is 0.422. The third kappa shape index (κ3) is 4.51. The normalized spacial score (nSPS) is 21.1. The quantitative estimate of drug-likeness (QED) is 0.874. The van der Waals surface area contributed by atoms with E-state index < -0.39 is 10.0 Å². The summed E-state index contributed by atoms with van der Waals surface area (Å²) in [5, 5.41) is 3.24. The number of nitrogens with one attached hydrogen (secondary N) is 2. The van der Waals surface area contributed by atoms with Gasteiger partial charge in [-0.25, -0.2) is 13.1 Å². The first-order chi connectivity index (χ1) is 8.55. The van der Waals surface area contributed by atoms with Gasteiger partial charge in [0.1, 0.15) is 0 Å². The first-order valence-electron chi connectivity index (χ1n) is 6.00. The van der Waals surface area contributed by atoms with E-state index in [4.69, 9.17) is 11.6 Å². The van der Waals surface area contributed by atoms with E-state index in [1.165, 1.54) is 11.3 Å². The highest BCUT2D eigenvalue weighted by molar-refractivity contribution is 7.89. The average Bonchev–Trinajstić information content (AvgIpc) is 2.74. The number of rotatable bonds is 5. The summed E-state index contributed by atoms with van der Waals surface area (Å²) in [6, 6.07) is 3.70. The van der Waals surface area contributed by atoms with Gasteiger partial charge in [0, 0.05) is 17.5 Å². The molecule has 1 unspecified atom stereocenters. The fourth-order valence-corrected chi connectivity index (χ4v) is 4.44. The van der Waals surface area contributed by atoms with Crippen LogP contribution in [-0.4, -0.2) is 26.8 Å². The third-order valence-corrected chi connectivity index (χ3v) is 5.58. The highest BCUT2D eigenvalue weighted by Crippen LogP contribution is 2.21. The van der Waals surface area contributed by atoms with Crippen LogP contribution in [0.25, 0.3) is 0 Å². The number of piperidine rings is 1. The molecular weight excluding hydrogens is 292 g/mol. The summed E-state index contributed by atoms with van der Waals surface area (Å²) in [6.07, 6.45) is 3.18. The van der Waals surface area contributed by atoms with Gasteiger partial charge in [-0.15, -0.1) is 11.3 Å². The lowest BCUT2D eigenvalue weighted by Gasteiger charge is -2.23. The van der Waals surface area contributed by atoms with E-state index in [0.717, 1.165) is 30.7 Å². The Morgan fingerprint density at radius 3 is 2.89 bits per heavy atom. The molecule has 4 nitrogen and oxygen atoms in total. The zero-order chi connectivity index (χ0) is 13.0. The molecule has 1 aliphatic rings. The minimum Gasteiger partial charge on any atom is -0.313 e. The zero-order valence-corrected chi connectivity index (χ0v) is 12.4. The Kier molecular flexibility index (Phi) is 5.03. The van der Waals surface area contributed by atoms with Gasteiger partial charge < -0.3 is 5.32 Å². The van der Waals surface area contributed by atoms with E-state index in [1.54, 1.807) is 6.07 Å². The molecule has 2 rings (SSSR count). The van der Waals surface area contributed by atoms with Gasteiger partial charge in [-0.3, -0.25) is 0 Å². The predicted octanol–water partition coefficient (Wildman–Crippen LogP) is 1.96. The molecule has 0 bridgehead atoms. The first kappa shape index (κ1) is 14.3. The van der Waals surface area contributed by atoms with E-state index in [-0.39, 0.29) is 11.8 Å². The second-order valence-electron chi connectivity index (χ2n) is 4.46. The Hall–Kier alpha value is -0.140. The smallest absolute Gasteiger partial charge is 0.213 e. The summed E-state index contributed by atoms with van der Waals surface area (Å²) in [5.74, 6) is 0.159. The van der Waals surface area contributed by atoms with Gasteiger partial charge in [0.2, 0.25) is 10.0 Å². The van der Waals surface area contributed by atoms with Gasteiger partial charge in [-0.05, 0) is 31.5 Å². The molecule has 0 amide bonds. The SMILES string of the molecule is O=S(=O)(CC1CCCCN1)NCc1ccc(Cl)s1. The van der Waals surface area contributed by atoms with E-state index in [9.17, 15) is 8.42 Å². The van der Waals surface area contributed by atoms with Crippen molar-refractivity contribution in [3.05, 3.63) is 21.3 Å². The number of thiophene rings is 1. The molecule has 1 saturated heterocycles. The van der Waals surface area contributed by atoms with Gasteiger partial charge in [0.05, 0.1) is 10.1 Å². The lowest BCUT2D eigenvalue weighted by atomic mass is 10.1. The highest BCUT2D eigenvalue weighted by Gasteiger charge is 2.20. The van der Waals surface area contributed by atoms with Crippen molar-refractivity contribution in [3.8, 4) is 0 Å². The van der Waals surface area contributed by atoms with Gasteiger partial charge in [0.15, 0.2) is 0 Å². The highest BCUT2D eigenvalue weighted by atomic mass is 35.5. The Balaban J connectivity index is 1.83. The number of halogens is 1. The van der Waals surface area contributed by atoms with Crippen LogP contribution in [0.15, 0.2) is 12.1 Å². The Morgan fingerprint density at radius 1 is 1.44 bits per heavy atom. The standard InChI is InChI=1S/C11H17ClN2O2S2/c12-11-5-4-10(17-11)7-14-18(15,16)8-9-3-1-2-6-13-9/h4-5,9,13-14H,1-3,6-8H2. The molecule has 7 heteroatoms. The molecule has 1 aromatic rings. The summed E-state index contributed by atoms with van der Waals surface area (Å²) < 4.78 is 27.1. The van der Waals surface area contributed by atoms with Gasteiger partial charge in [-0.1, -0.05) is 18.0 Å². The summed E-state index contributed by atoms with van der Waals surface area (Å²) in [5.41, 5.74) is 0. The Morgan fingerprint density at radius 2 is 2.28 bits per heavy atom. The molecule has 0 radical (unpaired) electrons. The molecule has 2 heterocycles. The van der Waals surface area contributed by atoms with Crippen molar-refractivity contribution < 1.29 is 8.42 Å². The van der Waals surface area contributed by atoms with Crippen molar-refractivity contribution in [1.82, 2.24) is 10.0 Å². The van der Waals surface area contributed by atoms with Crippen LogP contribution in [0.1, 0.15) is 24.1 Å². The fourth-order valence-electron chi connectivity index (χ4n) is 2.02. The zero-order valence-electron chi connectivity index (χ0n) is 9.99. The third-order valence-electron chi connectivity index (χ3n) is 2.93. The Labute approximate surface area is 117 Å². The average molecular weight is 309 g/mol. The summed E-state index contributed by atoms with van der Waals surface area (Å²) >= 11 is 7.19. The van der Waals surface area contributed by atoms with Crippen LogP contribution >= 0.6 is 22.9 Å². The monoisotopic (exact) mass is 308 g/mol. The molecule has 1 aromatic heterocycles. The van der Waals surface area contributed by atoms with E-state index in [2.05, 4.69) is 10.0 Å². The second kappa shape index (κ2) is 6.34. The molecule has 0 aliphatic carbocycles. The van der Waals surface area contributed by atoms with Crippen LogP contribution < -0.4 is 10.0 Å². The molecule has 2 N–H and O–H groups in total. The van der Waals surface area contributed by atoms with Crippen LogP contribution in [0.4, 0.5) is 0 Å². The van der Waals surface area contributed by atoms with Crippen molar-refractivity contribution in [2.24, 2.45) is 0 Å². The van der Waals surface area contributed by atoms with Crippen LogP contribution in [0, 0.1) is 0 Å². The molecule has 0 spiro atoms. The minimum absolute atomic E-state index is 0.0863. The van der Waals surface area contributed by atoms with Crippen LogP contribution in [0.3, 0.4) is 0 Å². The Bertz CT molecular complexity index is 481. The van der Waals surface area contributed by atoms with E-state index in [0.29, 0.717) is 10.9 Å². The number of hydrogen-bond acceptors (Lipinski definition) is 4. The largest absolute Gasteiger partial charge is 0.313 e. The predicted molar refractivity (Wildman–Crippen MR) is 75.6 cm³/mol. The lowest BCUT2D eigenvalue weighted by Crippen LogP contribution is -2.42. The summed E-state index contributed by atoms with van der Waals surface area (Å²) in [7, 11) is -3.22. The topological polar surface area (TPSA) is 58.2 Å². The van der Waals surface area contributed by atoms with Crippen molar-refractivity contribution in [2.45, 2.75) is 31.8 Å². The molecule has 0 aromatic carbocycles. The summed E-state index contributed by atoms with van der Waals surface area (Å²) in [4.78, 5) is 0.931. The van der Waals surface area contributed by atoms with E-state index in [1.807, 2.05) is 6.07 Å². The van der Waals surface area contributed by atoms with Crippen molar-refractivity contribution in [1.29, 1.82) is 0 Å². The maximum absolute atomic E-state index is 11.9. The second-order valence-corrected chi connectivity index (χ2v) is 8.11. The van der Waals surface area contributed by atoms with Crippen molar-refractivity contribution in [3.63, 3.8) is 0 Å². The number of sulfonamides is 1. The minimum atomic E-state index is -3.22. The van der Waals surface area contributed by atoms with Crippen LogP contribution in [-0.2, 0) is 16.6 Å². The van der Waals surface area contributed by atoms with Crippen LogP contribution in [0.5, 0.6) is 0 Å². The molecule has 0 saturated carbocycles. The maximum Gasteiger partial charge on any atom is 0.213 e. The molecule has 1 atom stereocenters. The van der Waals surface area contributed by atoms with Crippen molar-refractivity contribution >= 4 is 33.0 Å². The molecule has 18 heavy (non-hydrogen) atoms. The van der Waals surface area contributed by atoms with Crippen LogP contribution in [0.2, 0.25) is 4.34 Å². The van der Waals surface area contributed by atoms with Gasteiger partial charge >= 0.3 is 0 Å². The first-order valence-corrected chi connectivity index (χ1v) is 8.85. The van der Waals surface area contributed by atoms with E-state index >= 15 is 0 Å². The molecular formula is C11H17ClN2O2S2. The summed E-state index contributed by atoms with van der Waals surface area (Å²) in [6.45, 7) is 1.24. The molecule has 1 aliphatic heterocycles. The van der Waals surface area contributed by atoms with Crippen molar-refractivity contribution in [2.75, 3.05) is 12.3 Å². The van der Waals surface area contributed by atoms with Gasteiger partial charge in [-0.2, -0.15) is 0 Å². The maximum atomic E-state index is 11.9. The molecule has 1 fully saturated rings. The molecule has 102 valence electrons. The number of hydrogen-bond donors (Lipinski definition) is 2.